The molecule has 1 N–H and O–H groups in total. The first-order valence-electron chi connectivity index (χ1n) is 34.6. The van der Waals surface area contributed by atoms with Crippen LogP contribution in [0.5, 0.6) is 5.75 Å². The summed E-state index contributed by atoms with van der Waals surface area (Å²) in [6.45, 7) is 36.8. The second-order valence-corrected chi connectivity index (χ2v) is 20.0. The quantitative estimate of drug-likeness (QED) is 0.0170. The number of ether oxygens (including phenoxy) is 13. The van der Waals surface area contributed by atoms with Crippen LogP contribution >= 0.6 is 0 Å². The number of rotatable bonds is 34. The summed E-state index contributed by atoms with van der Waals surface area (Å²) in [5.41, 5.74) is 1.02. The van der Waals surface area contributed by atoms with Gasteiger partial charge in [0.25, 0.3) is 19.4 Å². The molecule has 0 heterocycles. The number of carboxylic acid groups (broad SMARTS) is 1. The van der Waals surface area contributed by atoms with Gasteiger partial charge in [-0.3, -0.25) is 57.5 Å². The molecule has 0 unspecified atom stereocenters. The average Bonchev–Trinajstić information content (AvgIpc) is 1.02. The molecule has 600 valence electrons. The monoisotopic (exact) mass is 1480 g/mol. The van der Waals surface area contributed by atoms with Gasteiger partial charge in [0, 0.05) is 62.3 Å². The number of aliphatic carboxylic acids is 1. The lowest BCUT2D eigenvalue weighted by atomic mass is 10.1. The summed E-state index contributed by atoms with van der Waals surface area (Å²) in [6, 6.07) is 18.6. The number of para-hydroxylation sites is 1. The van der Waals surface area contributed by atoms with Gasteiger partial charge in [-0.15, -0.1) is 0 Å². The lowest BCUT2D eigenvalue weighted by Crippen LogP contribution is -2.15. The summed E-state index contributed by atoms with van der Waals surface area (Å²) in [7, 11) is 2.66. The molecule has 103 heavy (non-hydrogen) atoms. The van der Waals surface area contributed by atoms with Gasteiger partial charge in [0.05, 0.1) is 73.7 Å². The van der Waals surface area contributed by atoms with E-state index in [2.05, 4.69) is 65.6 Å². The van der Waals surface area contributed by atoms with Crippen molar-refractivity contribution in [2.45, 2.75) is 253 Å². The van der Waals surface area contributed by atoms with Crippen molar-refractivity contribution in [1.82, 2.24) is 0 Å². The van der Waals surface area contributed by atoms with E-state index in [1.54, 1.807) is 26.0 Å². The van der Waals surface area contributed by atoms with Crippen molar-refractivity contribution < 1.29 is 134 Å². The maximum Gasteiger partial charge on any atom is 0.417 e. The van der Waals surface area contributed by atoms with Gasteiger partial charge in [-0.25, -0.2) is 9.59 Å². The molecule has 0 radical (unpaired) electrons. The van der Waals surface area contributed by atoms with Gasteiger partial charge < -0.3 is 66.7 Å². The Morgan fingerprint density at radius 3 is 0.893 bits per heavy atom. The SMILES string of the molecule is CC(=O)OCc1ccccc1.CC(=O)Oc1ccccc1.CCCCCCCCOC(C)=O.CCCCCCOC(C)=O.CCCCCOC(C)=O.CCCCOC(C)=O.CCCCOC=O.CCCOC(C)=O.CCCOC=O.CCOC(=O)C(=O)O.CCOC(C)=O.COC(C)=O.COC=O. The number of benzene rings is 2. The normalized spacial score (nSPS) is 8.54. The fourth-order valence-corrected chi connectivity index (χ4v) is 5.27. The Bertz CT molecular complexity index is 2230. The maximum atomic E-state index is 10.4. The smallest absolute Gasteiger partial charge is 0.417 e. The molecule has 0 aliphatic carbocycles. The van der Waals surface area contributed by atoms with Crippen molar-refractivity contribution in [2.75, 3.05) is 73.7 Å². The highest BCUT2D eigenvalue weighted by Gasteiger charge is 2.10. The molecule has 0 aliphatic rings. The number of carbonyl (C=O) groups is 14. The Kier molecular flexibility index (Phi) is 125. The highest BCUT2D eigenvalue weighted by molar-refractivity contribution is 6.28. The van der Waals surface area contributed by atoms with E-state index in [0.29, 0.717) is 84.6 Å². The lowest BCUT2D eigenvalue weighted by Gasteiger charge is -2.01. The first-order chi connectivity index (χ1) is 48.9. The van der Waals surface area contributed by atoms with E-state index in [1.807, 2.05) is 69.3 Å². The van der Waals surface area contributed by atoms with Gasteiger partial charge in [0.15, 0.2) is 0 Å². The van der Waals surface area contributed by atoms with Crippen molar-refractivity contribution in [3.8, 4) is 5.75 Å². The summed E-state index contributed by atoms with van der Waals surface area (Å²) in [5, 5.41) is 7.84. The lowest BCUT2D eigenvalue weighted by molar-refractivity contribution is -0.163. The number of carbonyl (C=O) groups excluding carboxylic acids is 13. The molecule has 2 aromatic rings. The van der Waals surface area contributed by atoms with Crippen LogP contribution in [0, 0.1) is 0 Å². The predicted octanol–water partition coefficient (Wildman–Crippen LogP) is 14.2. The third-order valence-corrected chi connectivity index (χ3v) is 10.0. The van der Waals surface area contributed by atoms with Crippen LogP contribution in [0.2, 0.25) is 0 Å². The van der Waals surface area contributed by atoms with Gasteiger partial charge in [-0.2, -0.15) is 0 Å². The fraction of sp³-hybridized carbons (Fsp3) is 0.653. The molecule has 0 saturated carbocycles. The molecule has 0 aliphatic heterocycles. The van der Waals surface area contributed by atoms with E-state index in [0.717, 1.165) is 69.8 Å². The molecule has 0 bridgehead atoms. The molecule has 0 saturated heterocycles. The van der Waals surface area contributed by atoms with Crippen LogP contribution in [0.1, 0.15) is 252 Å². The molecule has 0 atom stereocenters. The zero-order chi connectivity index (χ0) is 81.4. The van der Waals surface area contributed by atoms with Crippen LogP contribution < -0.4 is 4.74 Å². The Labute approximate surface area is 615 Å². The molecule has 2 rings (SSSR count). The molecule has 0 spiro atoms. The molecule has 28 nitrogen and oxygen atoms in total. The van der Waals surface area contributed by atoms with E-state index in [4.69, 9.17) is 33.6 Å². The van der Waals surface area contributed by atoms with Gasteiger partial charge in [0.1, 0.15) is 12.4 Å². The zero-order valence-electron chi connectivity index (χ0n) is 66.0. The van der Waals surface area contributed by atoms with E-state index >= 15 is 0 Å². The number of methoxy groups -OCH3 is 2. The summed E-state index contributed by atoms with van der Waals surface area (Å²) >= 11 is 0. The van der Waals surface area contributed by atoms with Gasteiger partial charge >= 0.3 is 65.7 Å². The minimum absolute atomic E-state index is 0.102. The summed E-state index contributed by atoms with van der Waals surface area (Å²) in [6.07, 6.45) is 21.3. The van der Waals surface area contributed by atoms with Crippen molar-refractivity contribution in [3.05, 3.63) is 66.2 Å². The molecule has 2 aromatic carbocycles. The number of hydrogen-bond donors (Lipinski definition) is 1. The number of esters is 10. The molecule has 0 amide bonds. The molecular weight excluding hydrogens is 1350 g/mol. The second kappa shape index (κ2) is 109. The Morgan fingerprint density at radius 2 is 0.621 bits per heavy atom. The van der Waals surface area contributed by atoms with Gasteiger partial charge in [-0.05, 0) is 76.5 Å². The van der Waals surface area contributed by atoms with Crippen LogP contribution in [0.4, 0.5) is 0 Å². The maximum absolute atomic E-state index is 10.4. The molecule has 28 heteroatoms. The largest absolute Gasteiger partial charge is 0.473 e. The van der Waals surface area contributed by atoms with Crippen LogP contribution in [0.25, 0.3) is 0 Å². The molecule has 0 aromatic heterocycles. The van der Waals surface area contributed by atoms with E-state index in [-0.39, 0.29) is 60.3 Å². The second-order valence-electron chi connectivity index (χ2n) is 20.0. The first-order valence-corrected chi connectivity index (χ1v) is 34.6. The van der Waals surface area contributed by atoms with Crippen molar-refractivity contribution >= 4 is 85.1 Å². The Hall–Kier alpha value is -8.98. The van der Waals surface area contributed by atoms with Crippen LogP contribution in [0.15, 0.2) is 60.7 Å². The van der Waals surface area contributed by atoms with E-state index in [1.165, 1.54) is 134 Å². The zero-order valence-corrected chi connectivity index (χ0v) is 66.0. The molecular formula is C75H132O28. The highest BCUT2D eigenvalue weighted by Crippen LogP contribution is 2.08. The summed E-state index contributed by atoms with van der Waals surface area (Å²) in [4.78, 5) is 138. The van der Waals surface area contributed by atoms with E-state index in [9.17, 15) is 62.3 Å². The van der Waals surface area contributed by atoms with Crippen molar-refractivity contribution in [3.63, 3.8) is 0 Å². The van der Waals surface area contributed by atoms with Crippen LogP contribution in [-0.4, -0.2) is 164 Å². The van der Waals surface area contributed by atoms with Crippen LogP contribution in [0.3, 0.4) is 0 Å². The third kappa shape index (κ3) is 172. The summed E-state index contributed by atoms with van der Waals surface area (Å²) in [5.74, 6) is -4.02. The average molecular weight is 1480 g/mol. The Balaban J connectivity index is -0.0000000998. The standard InChI is InChI=1S/C10H20O2.C9H10O2.C8H8O2.C8H16O2.C7H14O2.C6H12O2.2C5H10O2.C4H6O4.2C4H8O2.C3H6O2.C2H4O2/c1-3-4-5-6-7-8-9-12-10(2)11;1-8(10)11-7-9-5-3-2-4-6-9;1-7(9)10-8-5-3-2-4-6-8;1-3-4-5-6-7-10-8(2)9;1-3-4-5-6-9-7(2)8;1-3-4-5-8-6(2)7;1-3-4-7-5(2)6;1-2-3-4-7-5-6;1-2-8-4(7)3(5)6;1-3-6-4(2)5;1-2-3-6-4-5;1-3(4)5-2;1-4-2-3/h3-9H2,1-2H3;2-6H,7H2,1H3;2-6H,1H3;3-7H2,1-2H3;3-6H2,1-2H3;3-5H2,1-2H3;3-4H2,1-2H3;5H,2-4H2,1H3;2H2,1H3,(H,5,6);3H2,1-2H3;4H,2-3H2,1H3;1-2H3;2H,1H3. The van der Waals surface area contributed by atoms with Crippen molar-refractivity contribution in [2.24, 2.45) is 0 Å². The Morgan fingerprint density at radius 1 is 0.320 bits per heavy atom. The topological polar surface area (TPSA) is 379 Å². The van der Waals surface area contributed by atoms with Crippen LogP contribution in [-0.2, 0) is 131 Å². The fourth-order valence-electron chi connectivity index (χ4n) is 5.27. The van der Waals surface area contributed by atoms with Crippen molar-refractivity contribution in [1.29, 1.82) is 0 Å². The third-order valence-electron chi connectivity index (χ3n) is 10.0. The number of carboxylic acids is 1. The number of hydrogen-bond acceptors (Lipinski definition) is 27. The number of unbranched alkanes of at least 4 members (excludes halogenated alkanes) is 12. The minimum Gasteiger partial charge on any atom is -0.473 e. The minimum atomic E-state index is -1.55. The first kappa shape index (κ1) is 118. The van der Waals surface area contributed by atoms with Gasteiger partial charge in [-0.1, -0.05) is 174 Å². The highest BCUT2D eigenvalue weighted by atomic mass is 16.6. The van der Waals surface area contributed by atoms with Gasteiger partial charge in [0.2, 0.25) is 0 Å². The predicted molar refractivity (Wildman–Crippen MR) is 392 cm³/mol. The molecule has 0 fully saturated rings. The summed E-state index contributed by atoms with van der Waals surface area (Å²) < 4.78 is 58.2. The van der Waals surface area contributed by atoms with E-state index < -0.39 is 11.9 Å².